The molecule has 2 aromatic carbocycles. The van der Waals surface area contributed by atoms with Gasteiger partial charge >= 0.3 is 0 Å². The number of rotatable bonds is 2. The van der Waals surface area contributed by atoms with Crippen molar-refractivity contribution >= 4 is 49.8 Å². The molecule has 0 unspecified atom stereocenters. The van der Waals surface area contributed by atoms with Crippen molar-refractivity contribution in [3.05, 3.63) is 57.4 Å². The van der Waals surface area contributed by atoms with Gasteiger partial charge in [0.15, 0.2) is 0 Å². The molecule has 3 aromatic rings. The quantitative estimate of drug-likeness (QED) is 0.620. The van der Waals surface area contributed by atoms with Gasteiger partial charge in [0, 0.05) is 15.7 Å². The van der Waals surface area contributed by atoms with E-state index in [1.165, 1.54) is 5.39 Å². The molecule has 106 valence electrons. The van der Waals surface area contributed by atoms with Gasteiger partial charge in [-0.05, 0) is 48.9 Å². The number of benzene rings is 2. The summed E-state index contributed by atoms with van der Waals surface area (Å²) in [6.45, 7) is 3.73. The standard InChI is InChI=1S/C16H13BrClN3/c1-9-15(18)19-10(2)20-16(9)21-14-6-4-11-7-13(17)5-3-12(11)8-14/h3-8H,1-2H3,(H,19,20,21). The summed E-state index contributed by atoms with van der Waals surface area (Å²) in [7, 11) is 0. The Kier molecular flexibility index (Phi) is 3.83. The molecule has 0 fully saturated rings. The minimum absolute atomic E-state index is 0.481. The average molecular weight is 363 g/mol. The number of nitrogens with one attached hydrogen (secondary N) is 1. The minimum atomic E-state index is 0.481. The molecule has 3 rings (SSSR count). The van der Waals surface area contributed by atoms with Crippen molar-refractivity contribution in [1.29, 1.82) is 0 Å². The van der Waals surface area contributed by atoms with E-state index in [4.69, 9.17) is 11.6 Å². The highest BCUT2D eigenvalue weighted by molar-refractivity contribution is 9.10. The first kappa shape index (κ1) is 14.3. The molecule has 1 N–H and O–H groups in total. The van der Waals surface area contributed by atoms with Gasteiger partial charge in [-0.25, -0.2) is 9.97 Å². The van der Waals surface area contributed by atoms with Crippen molar-refractivity contribution < 1.29 is 0 Å². The first-order valence-electron chi connectivity index (χ1n) is 6.50. The highest BCUT2D eigenvalue weighted by Gasteiger charge is 2.08. The topological polar surface area (TPSA) is 37.8 Å². The van der Waals surface area contributed by atoms with E-state index in [-0.39, 0.29) is 0 Å². The Morgan fingerprint density at radius 1 is 1.00 bits per heavy atom. The van der Waals surface area contributed by atoms with Crippen LogP contribution in [0.25, 0.3) is 10.8 Å². The first-order chi connectivity index (χ1) is 10.0. The number of fused-ring (bicyclic) bond motifs is 1. The van der Waals surface area contributed by atoms with E-state index in [1.54, 1.807) is 0 Å². The van der Waals surface area contributed by atoms with E-state index in [0.717, 1.165) is 26.9 Å². The summed E-state index contributed by atoms with van der Waals surface area (Å²) in [5, 5.41) is 6.14. The lowest BCUT2D eigenvalue weighted by molar-refractivity contribution is 1.04. The SMILES string of the molecule is Cc1nc(Cl)c(C)c(Nc2ccc3cc(Br)ccc3c2)n1. The van der Waals surface area contributed by atoms with Gasteiger partial charge in [0.05, 0.1) is 0 Å². The number of aryl methyl sites for hydroxylation is 1. The van der Waals surface area contributed by atoms with Crippen molar-refractivity contribution in [2.75, 3.05) is 5.32 Å². The van der Waals surface area contributed by atoms with E-state index >= 15 is 0 Å². The fourth-order valence-electron chi connectivity index (χ4n) is 2.15. The molecule has 21 heavy (non-hydrogen) atoms. The molecule has 3 nitrogen and oxygen atoms in total. The zero-order valence-electron chi connectivity index (χ0n) is 11.6. The van der Waals surface area contributed by atoms with Crippen molar-refractivity contribution in [2.24, 2.45) is 0 Å². The lowest BCUT2D eigenvalue weighted by atomic mass is 10.1. The van der Waals surface area contributed by atoms with Crippen LogP contribution in [0.1, 0.15) is 11.4 Å². The van der Waals surface area contributed by atoms with E-state index < -0.39 is 0 Å². The van der Waals surface area contributed by atoms with Gasteiger partial charge in [-0.15, -0.1) is 0 Å². The molecule has 1 heterocycles. The summed E-state index contributed by atoms with van der Waals surface area (Å²) in [5.41, 5.74) is 1.82. The zero-order chi connectivity index (χ0) is 15.0. The minimum Gasteiger partial charge on any atom is -0.340 e. The van der Waals surface area contributed by atoms with Crippen molar-refractivity contribution in [2.45, 2.75) is 13.8 Å². The van der Waals surface area contributed by atoms with Gasteiger partial charge in [0.2, 0.25) is 0 Å². The van der Waals surface area contributed by atoms with Crippen LogP contribution in [0, 0.1) is 13.8 Å². The molecule has 0 saturated heterocycles. The Bertz CT molecular complexity index is 833. The summed E-state index contributed by atoms with van der Waals surface area (Å²) >= 11 is 9.58. The summed E-state index contributed by atoms with van der Waals surface area (Å²) in [6, 6.07) is 12.4. The van der Waals surface area contributed by atoms with Gasteiger partial charge in [-0.2, -0.15) is 0 Å². The largest absolute Gasteiger partial charge is 0.340 e. The number of halogens is 2. The summed E-state index contributed by atoms with van der Waals surface area (Å²) in [5.74, 6) is 1.39. The maximum Gasteiger partial charge on any atom is 0.138 e. The third-order valence-corrected chi connectivity index (χ3v) is 4.12. The Morgan fingerprint density at radius 2 is 1.71 bits per heavy atom. The molecule has 0 aliphatic rings. The third-order valence-electron chi connectivity index (χ3n) is 3.26. The lowest BCUT2D eigenvalue weighted by Gasteiger charge is -2.11. The molecular formula is C16H13BrClN3. The Balaban J connectivity index is 2.00. The van der Waals surface area contributed by atoms with Gasteiger partial charge in [-0.1, -0.05) is 39.7 Å². The second-order valence-electron chi connectivity index (χ2n) is 4.87. The third kappa shape index (κ3) is 3.01. The summed E-state index contributed by atoms with van der Waals surface area (Å²) in [4.78, 5) is 8.55. The fraction of sp³-hybridized carbons (Fsp3) is 0.125. The second kappa shape index (κ2) is 5.62. The summed E-state index contributed by atoms with van der Waals surface area (Å²) < 4.78 is 1.07. The Morgan fingerprint density at radius 3 is 2.52 bits per heavy atom. The van der Waals surface area contributed by atoms with Gasteiger partial charge in [0.1, 0.15) is 16.8 Å². The van der Waals surface area contributed by atoms with Crippen LogP contribution in [0.3, 0.4) is 0 Å². The molecule has 0 amide bonds. The van der Waals surface area contributed by atoms with Crippen LogP contribution < -0.4 is 5.32 Å². The second-order valence-corrected chi connectivity index (χ2v) is 6.14. The van der Waals surface area contributed by atoms with E-state index in [2.05, 4.69) is 55.5 Å². The maximum absolute atomic E-state index is 6.10. The summed E-state index contributed by atoms with van der Waals surface area (Å²) in [6.07, 6.45) is 0. The average Bonchev–Trinajstić information content (AvgIpc) is 2.44. The van der Waals surface area contributed by atoms with Crippen LogP contribution in [-0.2, 0) is 0 Å². The van der Waals surface area contributed by atoms with Crippen LogP contribution >= 0.6 is 27.5 Å². The van der Waals surface area contributed by atoms with E-state index in [9.17, 15) is 0 Å². The first-order valence-corrected chi connectivity index (χ1v) is 7.67. The van der Waals surface area contributed by atoms with Crippen LogP contribution in [0.5, 0.6) is 0 Å². The Hall–Kier alpha value is -1.65. The van der Waals surface area contributed by atoms with Gasteiger partial charge in [0.25, 0.3) is 0 Å². The predicted molar refractivity (Wildman–Crippen MR) is 91.4 cm³/mol. The highest BCUT2D eigenvalue weighted by Crippen LogP contribution is 2.27. The van der Waals surface area contributed by atoms with E-state index in [0.29, 0.717) is 11.0 Å². The fourth-order valence-corrected chi connectivity index (χ4v) is 2.74. The molecule has 0 bridgehead atoms. The van der Waals surface area contributed by atoms with Crippen molar-refractivity contribution in [3.8, 4) is 0 Å². The van der Waals surface area contributed by atoms with Crippen molar-refractivity contribution in [3.63, 3.8) is 0 Å². The van der Waals surface area contributed by atoms with Crippen LogP contribution in [-0.4, -0.2) is 9.97 Å². The van der Waals surface area contributed by atoms with Crippen molar-refractivity contribution in [1.82, 2.24) is 9.97 Å². The Labute approximate surface area is 136 Å². The normalized spacial score (nSPS) is 10.9. The smallest absolute Gasteiger partial charge is 0.138 e. The molecule has 0 saturated carbocycles. The number of hydrogen-bond acceptors (Lipinski definition) is 3. The number of hydrogen-bond donors (Lipinski definition) is 1. The molecule has 0 atom stereocenters. The monoisotopic (exact) mass is 361 g/mol. The van der Waals surface area contributed by atoms with Gasteiger partial charge < -0.3 is 5.32 Å². The zero-order valence-corrected chi connectivity index (χ0v) is 14.0. The molecule has 0 aliphatic heterocycles. The van der Waals surface area contributed by atoms with Crippen LogP contribution in [0.4, 0.5) is 11.5 Å². The maximum atomic E-state index is 6.10. The predicted octanol–water partition coefficient (Wildman–Crippen LogP) is 5.41. The van der Waals surface area contributed by atoms with Crippen LogP contribution in [0.15, 0.2) is 40.9 Å². The highest BCUT2D eigenvalue weighted by atomic mass is 79.9. The number of anilines is 2. The molecule has 5 heteroatoms. The molecule has 0 radical (unpaired) electrons. The van der Waals surface area contributed by atoms with E-state index in [1.807, 2.05) is 26.0 Å². The molecule has 1 aromatic heterocycles. The number of aromatic nitrogens is 2. The number of nitrogens with zero attached hydrogens (tertiary/aromatic N) is 2. The molecule has 0 aliphatic carbocycles. The molecular weight excluding hydrogens is 350 g/mol. The van der Waals surface area contributed by atoms with Gasteiger partial charge in [-0.3, -0.25) is 0 Å². The van der Waals surface area contributed by atoms with Crippen LogP contribution in [0.2, 0.25) is 5.15 Å². The molecule has 0 spiro atoms. The lowest BCUT2D eigenvalue weighted by Crippen LogP contribution is -2.01.